The molecule has 0 aromatic rings. The molecule has 2 aliphatic heterocycles. The van der Waals surface area contributed by atoms with Gasteiger partial charge in [0.1, 0.15) is 5.60 Å². The molecule has 2 fully saturated rings. The Morgan fingerprint density at radius 1 is 1.69 bits per heavy atom. The number of cyclic esters (lactones) is 1. The van der Waals surface area contributed by atoms with Crippen LogP contribution < -0.4 is 10.6 Å². The van der Waals surface area contributed by atoms with Crippen molar-refractivity contribution in [2.75, 3.05) is 19.6 Å². The average molecular weight is 184 g/mol. The zero-order chi connectivity index (χ0) is 9.31. The normalized spacial score (nSPS) is 38.8. The molecule has 0 saturated carbocycles. The van der Waals surface area contributed by atoms with Crippen LogP contribution in [0.5, 0.6) is 0 Å². The van der Waals surface area contributed by atoms with E-state index < -0.39 is 0 Å². The fraction of sp³-hybridized carbons (Fsp3) is 0.889. The van der Waals surface area contributed by atoms with Crippen LogP contribution in [0.1, 0.15) is 19.8 Å². The Kier molecular flexibility index (Phi) is 2.15. The molecule has 0 aromatic heterocycles. The topological polar surface area (TPSA) is 50.4 Å². The molecule has 4 heteroatoms. The predicted octanol–water partition coefficient (Wildman–Crippen LogP) is 0.485. The van der Waals surface area contributed by atoms with Gasteiger partial charge in [0.15, 0.2) is 0 Å². The summed E-state index contributed by atoms with van der Waals surface area (Å²) in [5, 5.41) is 6.02. The molecule has 0 aromatic carbocycles. The average Bonchev–Trinajstić information content (AvgIpc) is 2.62. The summed E-state index contributed by atoms with van der Waals surface area (Å²) in [6, 6.07) is 0. The maximum absolute atomic E-state index is 10.9. The van der Waals surface area contributed by atoms with Gasteiger partial charge >= 0.3 is 6.09 Å². The third kappa shape index (κ3) is 1.94. The predicted molar refractivity (Wildman–Crippen MR) is 48.5 cm³/mol. The van der Waals surface area contributed by atoms with E-state index in [4.69, 9.17) is 4.74 Å². The maximum Gasteiger partial charge on any atom is 0.407 e. The van der Waals surface area contributed by atoms with Crippen molar-refractivity contribution in [3.63, 3.8) is 0 Å². The van der Waals surface area contributed by atoms with Crippen LogP contribution in [-0.4, -0.2) is 31.3 Å². The quantitative estimate of drug-likeness (QED) is 0.656. The number of carbonyl (C=O) groups is 1. The fourth-order valence-electron chi connectivity index (χ4n) is 2.17. The van der Waals surface area contributed by atoms with Gasteiger partial charge in [-0.05, 0) is 38.8 Å². The van der Waals surface area contributed by atoms with Crippen LogP contribution >= 0.6 is 0 Å². The van der Waals surface area contributed by atoms with E-state index in [2.05, 4.69) is 10.6 Å². The number of hydrogen-bond acceptors (Lipinski definition) is 3. The lowest BCUT2D eigenvalue weighted by Crippen LogP contribution is -2.32. The first-order chi connectivity index (χ1) is 6.18. The number of ether oxygens (including phenoxy) is 1. The Hall–Kier alpha value is -0.770. The van der Waals surface area contributed by atoms with E-state index in [-0.39, 0.29) is 11.7 Å². The van der Waals surface area contributed by atoms with Gasteiger partial charge in [-0.15, -0.1) is 0 Å². The Morgan fingerprint density at radius 3 is 3.08 bits per heavy atom. The third-order valence-corrected chi connectivity index (χ3v) is 2.83. The molecule has 0 radical (unpaired) electrons. The van der Waals surface area contributed by atoms with Crippen molar-refractivity contribution in [1.29, 1.82) is 0 Å². The van der Waals surface area contributed by atoms with Crippen molar-refractivity contribution in [1.82, 2.24) is 10.6 Å². The summed E-state index contributed by atoms with van der Waals surface area (Å²) in [6.07, 6.45) is 1.90. The summed E-state index contributed by atoms with van der Waals surface area (Å²) in [5.74, 6) is 0.665. The molecule has 2 heterocycles. The van der Waals surface area contributed by atoms with Crippen molar-refractivity contribution in [3.8, 4) is 0 Å². The molecule has 2 N–H and O–H groups in total. The largest absolute Gasteiger partial charge is 0.441 e. The highest BCUT2D eigenvalue weighted by Gasteiger charge is 2.38. The van der Waals surface area contributed by atoms with E-state index in [9.17, 15) is 4.79 Å². The van der Waals surface area contributed by atoms with Gasteiger partial charge < -0.3 is 15.4 Å². The number of alkyl carbamates (subject to hydrolysis) is 1. The highest BCUT2D eigenvalue weighted by atomic mass is 16.6. The van der Waals surface area contributed by atoms with Crippen LogP contribution in [0.15, 0.2) is 0 Å². The number of amides is 1. The first kappa shape index (κ1) is 8.81. The Bertz CT molecular complexity index is 214. The molecule has 1 amide bonds. The van der Waals surface area contributed by atoms with E-state index in [1.807, 2.05) is 6.92 Å². The highest BCUT2D eigenvalue weighted by molar-refractivity contribution is 5.70. The van der Waals surface area contributed by atoms with Crippen LogP contribution in [-0.2, 0) is 4.74 Å². The van der Waals surface area contributed by atoms with Crippen molar-refractivity contribution in [2.45, 2.75) is 25.4 Å². The van der Waals surface area contributed by atoms with Crippen LogP contribution in [0.25, 0.3) is 0 Å². The molecular formula is C9H16N2O2. The minimum absolute atomic E-state index is 0.270. The number of rotatable bonds is 2. The molecule has 0 spiro atoms. The first-order valence-corrected chi connectivity index (χ1v) is 4.85. The SMILES string of the molecule is CC1(CC2CCNC2)CNC(=O)O1. The second kappa shape index (κ2) is 3.18. The summed E-state index contributed by atoms with van der Waals surface area (Å²) in [4.78, 5) is 10.9. The first-order valence-electron chi connectivity index (χ1n) is 4.85. The van der Waals surface area contributed by atoms with E-state index in [1.54, 1.807) is 0 Å². The molecule has 2 rings (SSSR count). The second-order valence-corrected chi connectivity index (χ2v) is 4.26. The highest BCUT2D eigenvalue weighted by Crippen LogP contribution is 2.27. The minimum Gasteiger partial charge on any atom is -0.441 e. The second-order valence-electron chi connectivity index (χ2n) is 4.26. The van der Waals surface area contributed by atoms with Crippen LogP contribution in [0, 0.1) is 5.92 Å². The number of nitrogens with one attached hydrogen (secondary N) is 2. The summed E-state index contributed by atoms with van der Waals surface area (Å²) in [7, 11) is 0. The Balaban J connectivity index is 1.88. The molecule has 2 unspecified atom stereocenters. The molecule has 13 heavy (non-hydrogen) atoms. The van der Waals surface area contributed by atoms with E-state index in [1.165, 1.54) is 6.42 Å². The van der Waals surface area contributed by atoms with Gasteiger partial charge in [-0.25, -0.2) is 4.79 Å². The lowest BCUT2D eigenvalue weighted by Gasteiger charge is -2.24. The van der Waals surface area contributed by atoms with E-state index in [0.29, 0.717) is 12.5 Å². The van der Waals surface area contributed by atoms with Crippen molar-refractivity contribution in [2.24, 2.45) is 5.92 Å². The Labute approximate surface area is 78.0 Å². The molecule has 2 saturated heterocycles. The van der Waals surface area contributed by atoms with Crippen LogP contribution in [0.3, 0.4) is 0 Å². The van der Waals surface area contributed by atoms with Crippen LogP contribution in [0.4, 0.5) is 4.79 Å². The third-order valence-electron chi connectivity index (χ3n) is 2.83. The van der Waals surface area contributed by atoms with E-state index in [0.717, 1.165) is 19.5 Å². The number of carbonyl (C=O) groups excluding carboxylic acids is 1. The summed E-state index contributed by atoms with van der Waals surface area (Å²) in [6.45, 7) is 4.82. The zero-order valence-electron chi connectivity index (χ0n) is 7.93. The minimum atomic E-state index is -0.270. The molecule has 2 atom stereocenters. The number of hydrogen-bond donors (Lipinski definition) is 2. The van der Waals surface area contributed by atoms with Gasteiger partial charge in [-0.1, -0.05) is 0 Å². The molecule has 74 valence electrons. The van der Waals surface area contributed by atoms with Crippen molar-refractivity contribution in [3.05, 3.63) is 0 Å². The standard InChI is InChI=1S/C9H16N2O2/c1-9(6-11-8(12)13-9)4-7-2-3-10-5-7/h7,10H,2-6H2,1H3,(H,11,12). The molecule has 0 bridgehead atoms. The monoisotopic (exact) mass is 184 g/mol. The van der Waals surface area contributed by atoms with Crippen molar-refractivity contribution >= 4 is 6.09 Å². The zero-order valence-corrected chi connectivity index (χ0v) is 7.93. The van der Waals surface area contributed by atoms with Gasteiger partial charge in [0.05, 0.1) is 6.54 Å². The summed E-state index contributed by atoms with van der Waals surface area (Å²) >= 11 is 0. The van der Waals surface area contributed by atoms with Crippen molar-refractivity contribution < 1.29 is 9.53 Å². The summed E-state index contributed by atoms with van der Waals surface area (Å²) < 4.78 is 5.23. The van der Waals surface area contributed by atoms with E-state index >= 15 is 0 Å². The van der Waals surface area contributed by atoms with Gasteiger partial charge in [0, 0.05) is 0 Å². The van der Waals surface area contributed by atoms with Gasteiger partial charge in [0.2, 0.25) is 0 Å². The molecular weight excluding hydrogens is 168 g/mol. The molecule has 2 aliphatic rings. The van der Waals surface area contributed by atoms with Crippen LogP contribution in [0.2, 0.25) is 0 Å². The van der Waals surface area contributed by atoms with Gasteiger partial charge in [0.25, 0.3) is 0 Å². The van der Waals surface area contributed by atoms with Gasteiger partial charge in [-0.3, -0.25) is 0 Å². The lowest BCUT2D eigenvalue weighted by molar-refractivity contribution is 0.0532. The molecule has 0 aliphatic carbocycles. The maximum atomic E-state index is 10.9. The fourth-order valence-corrected chi connectivity index (χ4v) is 2.17. The lowest BCUT2D eigenvalue weighted by atomic mass is 9.91. The van der Waals surface area contributed by atoms with Gasteiger partial charge in [-0.2, -0.15) is 0 Å². The smallest absolute Gasteiger partial charge is 0.407 e. The Morgan fingerprint density at radius 2 is 2.54 bits per heavy atom. The summed E-state index contributed by atoms with van der Waals surface area (Å²) in [5.41, 5.74) is -0.270. The molecule has 4 nitrogen and oxygen atoms in total.